The highest BCUT2D eigenvalue weighted by Crippen LogP contribution is 2.55. The number of hydrogen-bond acceptors (Lipinski definition) is 3. The molecule has 108 valence electrons. The minimum atomic E-state index is -0.328. The highest BCUT2D eigenvalue weighted by Gasteiger charge is 2.60. The Morgan fingerprint density at radius 3 is 2.90 bits per heavy atom. The average Bonchev–Trinajstić information content (AvgIpc) is 3.11. The summed E-state index contributed by atoms with van der Waals surface area (Å²) in [6.45, 7) is 4.94. The molecule has 5 heteroatoms. The van der Waals surface area contributed by atoms with Crippen molar-refractivity contribution in [3.63, 3.8) is 0 Å². The van der Waals surface area contributed by atoms with E-state index >= 15 is 0 Å². The lowest BCUT2D eigenvalue weighted by Crippen LogP contribution is -2.43. The SMILES string of the molecule is CC(C)c1cc(C(=O)N2C[C@@H]3C[C@H]4C[C@H]3[C@H]2[C@@H]4O)n[nH]1. The average molecular weight is 275 g/mol. The Bertz CT molecular complexity index is 551. The Morgan fingerprint density at radius 1 is 1.45 bits per heavy atom. The van der Waals surface area contributed by atoms with Crippen LogP contribution in [0.15, 0.2) is 6.07 Å². The number of aliphatic hydroxyl groups is 1. The summed E-state index contributed by atoms with van der Waals surface area (Å²) in [5.74, 6) is 1.84. The lowest BCUT2D eigenvalue weighted by molar-refractivity contribution is 0.0398. The minimum Gasteiger partial charge on any atom is -0.391 e. The van der Waals surface area contributed by atoms with Crippen molar-refractivity contribution < 1.29 is 9.90 Å². The van der Waals surface area contributed by atoms with E-state index in [0.29, 0.717) is 29.4 Å². The lowest BCUT2D eigenvalue weighted by atomic mass is 9.88. The monoisotopic (exact) mass is 275 g/mol. The molecule has 4 rings (SSSR count). The number of aliphatic hydroxyl groups excluding tert-OH is 1. The standard InChI is InChI=1S/C15H21N3O2/c1-7(2)11-5-12(17-16-11)15(20)18-6-9-3-8-4-10(9)13(18)14(8)19/h5,7-10,13-14,19H,3-4,6H2,1-2H3,(H,16,17)/t8-,9-,10+,13-,14+/m0/s1. The molecule has 0 spiro atoms. The number of likely N-dealkylation sites (tertiary alicyclic amines) is 1. The predicted octanol–water partition coefficient (Wildman–Crippen LogP) is 1.37. The molecule has 1 aromatic rings. The second-order valence-electron chi connectivity index (χ2n) is 6.96. The van der Waals surface area contributed by atoms with Gasteiger partial charge in [0.25, 0.3) is 5.91 Å². The second kappa shape index (κ2) is 4.07. The molecule has 2 N–H and O–H groups in total. The molecule has 5 atom stereocenters. The maximum absolute atomic E-state index is 12.7. The van der Waals surface area contributed by atoms with E-state index in [1.54, 1.807) is 0 Å². The first-order valence-corrected chi connectivity index (χ1v) is 7.60. The number of amides is 1. The van der Waals surface area contributed by atoms with Crippen LogP contribution in [-0.4, -0.2) is 44.8 Å². The first-order valence-electron chi connectivity index (χ1n) is 7.60. The van der Waals surface area contributed by atoms with Crippen LogP contribution in [0, 0.1) is 17.8 Å². The summed E-state index contributed by atoms with van der Waals surface area (Å²) in [4.78, 5) is 14.5. The first kappa shape index (κ1) is 12.4. The van der Waals surface area contributed by atoms with Gasteiger partial charge in [-0.2, -0.15) is 5.10 Å². The summed E-state index contributed by atoms with van der Waals surface area (Å²) in [5, 5.41) is 17.4. The Balaban J connectivity index is 1.60. The molecule has 3 aliphatic rings. The molecule has 3 fully saturated rings. The Morgan fingerprint density at radius 2 is 2.25 bits per heavy atom. The molecular formula is C15H21N3O2. The van der Waals surface area contributed by atoms with Gasteiger partial charge >= 0.3 is 0 Å². The summed E-state index contributed by atoms with van der Waals surface area (Å²) < 4.78 is 0. The van der Waals surface area contributed by atoms with E-state index in [1.165, 1.54) is 0 Å². The minimum absolute atomic E-state index is 0.0211. The molecule has 5 nitrogen and oxygen atoms in total. The van der Waals surface area contributed by atoms with Crippen molar-refractivity contribution in [3.05, 3.63) is 17.5 Å². The molecule has 0 aromatic carbocycles. The third-order valence-corrected chi connectivity index (χ3v) is 5.55. The van der Waals surface area contributed by atoms with E-state index in [2.05, 4.69) is 24.0 Å². The number of nitrogens with one attached hydrogen (secondary N) is 1. The molecule has 0 radical (unpaired) electrons. The van der Waals surface area contributed by atoms with E-state index in [-0.39, 0.29) is 18.1 Å². The van der Waals surface area contributed by atoms with Gasteiger partial charge in [0.2, 0.25) is 0 Å². The summed E-state index contributed by atoms with van der Waals surface area (Å²) in [6.07, 6.45) is 1.85. The van der Waals surface area contributed by atoms with Gasteiger partial charge in [-0.05, 0) is 42.6 Å². The Labute approximate surface area is 118 Å². The fourth-order valence-electron chi connectivity index (χ4n) is 4.54. The number of nitrogens with zero attached hydrogens (tertiary/aromatic N) is 2. The van der Waals surface area contributed by atoms with Crippen LogP contribution in [0.5, 0.6) is 0 Å². The number of carbonyl (C=O) groups is 1. The molecule has 2 bridgehead atoms. The molecule has 1 aliphatic heterocycles. The Hall–Kier alpha value is -1.36. The van der Waals surface area contributed by atoms with Crippen molar-refractivity contribution in [1.82, 2.24) is 15.1 Å². The zero-order valence-electron chi connectivity index (χ0n) is 11.9. The molecule has 2 saturated carbocycles. The largest absolute Gasteiger partial charge is 0.391 e. The topological polar surface area (TPSA) is 69.2 Å². The van der Waals surface area contributed by atoms with Crippen LogP contribution in [-0.2, 0) is 0 Å². The number of fused-ring (bicyclic) bond motifs is 1. The van der Waals surface area contributed by atoms with Crippen molar-refractivity contribution in [3.8, 4) is 0 Å². The van der Waals surface area contributed by atoms with Gasteiger partial charge in [0, 0.05) is 12.2 Å². The summed E-state index contributed by atoms with van der Waals surface area (Å²) in [7, 11) is 0. The smallest absolute Gasteiger partial charge is 0.274 e. The van der Waals surface area contributed by atoms with Crippen LogP contribution in [0.1, 0.15) is 48.8 Å². The first-order chi connectivity index (χ1) is 9.56. The molecule has 2 aliphatic carbocycles. The number of rotatable bonds is 2. The molecule has 0 unspecified atom stereocenters. The number of aromatic nitrogens is 2. The van der Waals surface area contributed by atoms with E-state index in [0.717, 1.165) is 25.1 Å². The van der Waals surface area contributed by atoms with Gasteiger partial charge in [0.15, 0.2) is 0 Å². The van der Waals surface area contributed by atoms with Gasteiger partial charge in [0.1, 0.15) is 5.69 Å². The fraction of sp³-hybridized carbons (Fsp3) is 0.733. The van der Waals surface area contributed by atoms with Gasteiger partial charge < -0.3 is 10.0 Å². The quantitative estimate of drug-likeness (QED) is 0.856. The van der Waals surface area contributed by atoms with E-state index in [4.69, 9.17) is 0 Å². The summed E-state index contributed by atoms with van der Waals surface area (Å²) in [5.41, 5.74) is 1.48. The van der Waals surface area contributed by atoms with E-state index in [9.17, 15) is 9.90 Å². The summed E-state index contributed by atoms with van der Waals surface area (Å²) in [6, 6.07) is 1.89. The van der Waals surface area contributed by atoms with Gasteiger partial charge in [-0.3, -0.25) is 9.89 Å². The highest BCUT2D eigenvalue weighted by molar-refractivity contribution is 5.93. The van der Waals surface area contributed by atoms with Crippen molar-refractivity contribution in [2.24, 2.45) is 17.8 Å². The predicted molar refractivity (Wildman–Crippen MR) is 73.2 cm³/mol. The second-order valence-corrected chi connectivity index (χ2v) is 6.96. The maximum Gasteiger partial charge on any atom is 0.274 e. The molecule has 1 amide bonds. The zero-order valence-corrected chi connectivity index (χ0v) is 11.9. The van der Waals surface area contributed by atoms with E-state index in [1.807, 2.05) is 11.0 Å². The van der Waals surface area contributed by atoms with E-state index < -0.39 is 0 Å². The number of carbonyl (C=O) groups excluding carboxylic acids is 1. The number of hydrogen-bond donors (Lipinski definition) is 2. The van der Waals surface area contributed by atoms with Crippen LogP contribution in [0.2, 0.25) is 0 Å². The molecule has 1 saturated heterocycles. The molecule has 20 heavy (non-hydrogen) atoms. The number of H-pyrrole nitrogens is 1. The number of aromatic amines is 1. The van der Waals surface area contributed by atoms with Gasteiger partial charge in [-0.15, -0.1) is 0 Å². The molecule has 2 heterocycles. The fourth-order valence-corrected chi connectivity index (χ4v) is 4.54. The Kier molecular flexibility index (Phi) is 2.52. The highest BCUT2D eigenvalue weighted by atomic mass is 16.3. The van der Waals surface area contributed by atoms with Crippen molar-refractivity contribution in [2.75, 3.05) is 6.54 Å². The van der Waals surface area contributed by atoms with Crippen molar-refractivity contribution >= 4 is 5.91 Å². The third-order valence-electron chi connectivity index (χ3n) is 5.55. The molecular weight excluding hydrogens is 254 g/mol. The lowest BCUT2D eigenvalue weighted by Gasteiger charge is -2.28. The van der Waals surface area contributed by atoms with Crippen LogP contribution < -0.4 is 0 Å². The van der Waals surface area contributed by atoms with Crippen LogP contribution >= 0.6 is 0 Å². The maximum atomic E-state index is 12.7. The van der Waals surface area contributed by atoms with Gasteiger partial charge in [0.05, 0.1) is 12.1 Å². The normalized spacial score (nSPS) is 38.2. The van der Waals surface area contributed by atoms with Crippen molar-refractivity contribution in [1.29, 1.82) is 0 Å². The van der Waals surface area contributed by atoms with Gasteiger partial charge in [-0.1, -0.05) is 13.8 Å². The zero-order chi connectivity index (χ0) is 14.0. The van der Waals surface area contributed by atoms with Crippen LogP contribution in [0.3, 0.4) is 0 Å². The van der Waals surface area contributed by atoms with Crippen LogP contribution in [0.4, 0.5) is 0 Å². The summed E-state index contributed by atoms with van der Waals surface area (Å²) >= 11 is 0. The van der Waals surface area contributed by atoms with Crippen molar-refractivity contribution in [2.45, 2.75) is 44.8 Å². The van der Waals surface area contributed by atoms with Crippen LogP contribution in [0.25, 0.3) is 0 Å². The van der Waals surface area contributed by atoms with Gasteiger partial charge in [-0.25, -0.2) is 0 Å². The third kappa shape index (κ3) is 1.53. The molecule has 1 aromatic heterocycles.